The third-order valence-corrected chi connectivity index (χ3v) is 4.77. The van der Waals surface area contributed by atoms with Crippen LogP contribution in [0.5, 0.6) is 0 Å². The zero-order valence-corrected chi connectivity index (χ0v) is 14.7. The van der Waals surface area contributed by atoms with Gasteiger partial charge in [-0.15, -0.1) is 0 Å². The molecule has 1 heterocycles. The molecule has 0 fully saturated rings. The van der Waals surface area contributed by atoms with E-state index >= 15 is 0 Å². The van der Waals surface area contributed by atoms with Gasteiger partial charge in [-0.05, 0) is 61.5 Å². The van der Waals surface area contributed by atoms with Crippen LogP contribution in [0.15, 0.2) is 76.7 Å². The fourth-order valence-electron chi connectivity index (χ4n) is 2.19. The van der Waals surface area contributed by atoms with Crippen molar-refractivity contribution in [2.24, 2.45) is 0 Å². The molecule has 3 rings (SSSR count). The first-order chi connectivity index (χ1) is 11.6. The van der Waals surface area contributed by atoms with Crippen LogP contribution in [0.3, 0.4) is 0 Å². The summed E-state index contributed by atoms with van der Waals surface area (Å²) in [5.41, 5.74) is 2.71. The first-order valence-electron chi connectivity index (χ1n) is 7.52. The minimum absolute atomic E-state index is 0.0214. The average molecular weight is 354 g/mol. The predicted octanol–water partition coefficient (Wildman–Crippen LogP) is 5.99. The van der Waals surface area contributed by atoms with Crippen molar-refractivity contribution in [3.05, 3.63) is 93.6 Å². The minimum Gasteiger partial charge on any atom is -0.362 e. The van der Waals surface area contributed by atoms with E-state index in [9.17, 15) is 4.79 Å². The predicted molar refractivity (Wildman–Crippen MR) is 102 cm³/mol. The zero-order valence-electron chi connectivity index (χ0n) is 13.1. The van der Waals surface area contributed by atoms with Gasteiger partial charge in [0.25, 0.3) is 0 Å². The van der Waals surface area contributed by atoms with Gasteiger partial charge in [0.2, 0.25) is 0 Å². The summed E-state index contributed by atoms with van der Waals surface area (Å²) in [5.74, 6) is -0.0214. The summed E-state index contributed by atoms with van der Waals surface area (Å²) in [6.07, 6.45) is 3.72. The Kier molecular flexibility index (Phi) is 5.24. The van der Waals surface area contributed by atoms with Gasteiger partial charge in [0.05, 0.1) is 4.91 Å². The molecule has 0 bridgehead atoms. The minimum atomic E-state index is -0.0214. The number of rotatable bonds is 5. The molecule has 4 heteroatoms. The first kappa shape index (κ1) is 16.6. The lowest BCUT2D eigenvalue weighted by molar-refractivity contribution is 0.104. The van der Waals surface area contributed by atoms with E-state index in [4.69, 9.17) is 11.6 Å². The van der Waals surface area contributed by atoms with E-state index in [1.165, 1.54) is 17.3 Å². The molecule has 2 nitrogen and oxygen atoms in total. The number of nitrogens with one attached hydrogen (secondary N) is 1. The van der Waals surface area contributed by atoms with E-state index in [-0.39, 0.29) is 5.78 Å². The number of H-pyrrole nitrogens is 1. The number of aromatic amines is 1. The Morgan fingerprint density at radius 3 is 2.38 bits per heavy atom. The van der Waals surface area contributed by atoms with Crippen LogP contribution in [-0.4, -0.2) is 10.8 Å². The van der Waals surface area contributed by atoms with Crippen LogP contribution in [0.4, 0.5) is 0 Å². The lowest BCUT2D eigenvalue weighted by atomic mass is 10.1. The molecule has 1 aromatic heterocycles. The Morgan fingerprint density at radius 1 is 1.04 bits per heavy atom. The fraction of sp³-hybridized carbons (Fsp3) is 0.0500. The number of thioether (sulfide) groups is 1. The average Bonchev–Trinajstić information content (AvgIpc) is 3.09. The Hall–Kier alpha value is -2.23. The molecule has 0 amide bonds. The van der Waals surface area contributed by atoms with Gasteiger partial charge in [0.1, 0.15) is 0 Å². The maximum Gasteiger partial charge on any atom is 0.199 e. The van der Waals surface area contributed by atoms with Crippen LogP contribution in [0.25, 0.3) is 6.08 Å². The van der Waals surface area contributed by atoms with Crippen LogP contribution in [0.1, 0.15) is 21.6 Å². The van der Waals surface area contributed by atoms with E-state index in [1.54, 1.807) is 24.3 Å². The van der Waals surface area contributed by atoms with E-state index in [1.807, 2.05) is 55.6 Å². The van der Waals surface area contributed by atoms with Crippen molar-refractivity contribution in [2.45, 2.75) is 11.8 Å². The van der Waals surface area contributed by atoms with Crippen molar-refractivity contribution in [1.29, 1.82) is 0 Å². The number of aryl methyl sites for hydroxylation is 1. The molecule has 120 valence electrons. The Morgan fingerprint density at radius 2 is 1.75 bits per heavy atom. The van der Waals surface area contributed by atoms with Gasteiger partial charge in [0.15, 0.2) is 5.78 Å². The van der Waals surface area contributed by atoms with Crippen molar-refractivity contribution < 1.29 is 4.79 Å². The van der Waals surface area contributed by atoms with E-state index in [2.05, 4.69) is 4.98 Å². The number of hydrogen-bond donors (Lipinski definition) is 1. The van der Waals surface area contributed by atoms with Gasteiger partial charge in [-0.3, -0.25) is 4.79 Å². The van der Waals surface area contributed by atoms with Crippen LogP contribution >= 0.6 is 23.4 Å². The van der Waals surface area contributed by atoms with Crippen LogP contribution < -0.4 is 0 Å². The number of aromatic nitrogens is 1. The summed E-state index contributed by atoms with van der Waals surface area (Å²) >= 11 is 7.38. The smallest absolute Gasteiger partial charge is 0.199 e. The lowest BCUT2D eigenvalue weighted by Crippen LogP contribution is -2.01. The highest BCUT2D eigenvalue weighted by molar-refractivity contribution is 8.04. The third kappa shape index (κ3) is 4.19. The molecule has 3 aromatic rings. The van der Waals surface area contributed by atoms with Crippen molar-refractivity contribution in [1.82, 2.24) is 4.98 Å². The number of carbonyl (C=O) groups is 1. The Balaban J connectivity index is 1.94. The number of hydrogen-bond acceptors (Lipinski definition) is 2. The van der Waals surface area contributed by atoms with Gasteiger partial charge in [-0.1, -0.05) is 41.1 Å². The van der Waals surface area contributed by atoms with Gasteiger partial charge < -0.3 is 4.98 Å². The summed E-state index contributed by atoms with van der Waals surface area (Å²) in [7, 11) is 0. The molecule has 0 saturated heterocycles. The van der Waals surface area contributed by atoms with Crippen molar-refractivity contribution in [2.75, 3.05) is 0 Å². The van der Waals surface area contributed by atoms with Crippen molar-refractivity contribution >= 4 is 35.2 Å². The van der Waals surface area contributed by atoms with E-state index < -0.39 is 0 Å². The Bertz CT molecular complexity index is 850. The SMILES string of the molecule is Cc1ccc(SC(=Cc2ccc[nH]2)C(=O)c2ccc(Cl)cc2)cc1. The molecule has 0 aliphatic rings. The van der Waals surface area contributed by atoms with Gasteiger partial charge in [0, 0.05) is 27.4 Å². The topological polar surface area (TPSA) is 32.9 Å². The van der Waals surface area contributed by atoms with Crippen molar-refractivity contribution in [3.8, 4) is 0 Å². The second-order valence-corrected chi connectivity index (χ2v) is 6.94. The quantitative estimate of drug-likeness (QED) is 0.347. The standard InChI is InChI=1S/C20H16ClNOS/c1-14-4-10-18(11-5-14)24-19(13-17-3-2-12-22-17)20(23)15-6-8-16(21)9-7-15/h2-13,22H,1H3. The highest BCUT2D eigenvalue weighted by Crippen LogP contribution is 2.31. The fourth-order valence-corrected chi connectivity index (χ4v) is 3.24. The summed E-state index contributed by atoms with van der Waals surface area (Å²) in [6, 6.07) is 19.0. The number of ketones is 1. The summed E-state index contributed by atoms with van der Waals surface area (Å²) in [4.78, 5) is 17.7. The Labute approximate surface area is 150 Å². The lowest BCUT2D eigenvalue weighted by Gasteiger charge is -2.07. The maximum absolute atomic E-state index is 12.9. The molecule has 0 unspecified atom stereocenters. The highest BCUT2D eigenvalue weighted by atomic mass is 35.5. The normalized spacial score (nSPS) is 11.5. The molecular formula is C20H16ClNOS. The largest absolute Gasteiger partial charge is 0.362 e. The van der Waals surface area contributed by atoms with E-state index in [0.29, 0.717) is 15.5 Å². The molecule has 1 N–H and O–H groups in total. The summed E-state index contributed by atoms with van der Waals surface area (Å²) in [6.45, 7) is 2.04. The third-order valence-electron chi connectivity index (χ3n) is 3.49. The van der Waals surface area contributed by atoms with Gasteiger partial charge >= 0.3 is 0 Å². The second-order valence-electron chi connectivity index (χ2n) is 5.39. The van der Waals surface area contributed by atoms with Crippen LogP contribution in [0, 0.1) is 6.92 Å². The number of benzene rings is 2. The molecule has 0 aliphatic carbocycles. The molecule has 0 saturated carbocycles. The summed E-state index contributed by atoms with van der Waals surface area (Å²) in [5, 5.41) is 0.618. The van der Waals surface area contributed by atoms with Crippen molar-refractivity contribution in [3.63, 3.8) is 0 Å². The van der Waals surface area contributed by atoms with E-state index in [0.717, 1.165) is 10.6 Å². The highest BCUT2D eigenvalue weighted by Gasteiger charge is 2.14. The van der Waals surface area contributed by atoms with Gasteiger partial charge in [-0.25, -0.2) is 0 Å². The molecule has 24 heavy (non-hydrogen) atoms. The number of allylic oxidation sites excluding steroid dienone is 1. The zero-order chi connectivity index (χ0) is 16.9. The molecule has 0 atom stereocenters. The van der Waals surface area contributed by atoms with Crippen LogP contribution in [0.2, 0.25) is 5.02 Å². The number of carbonyl (C=O) groups excluding carboxylic acids is 1. The van der Waals surface area contributed by atoms with Gasteiger partial charge in [-0.2, -0.15) is 0 Å². The second kappa shape index (κ2) is 7.56. The molecule has 0 aliphatic heterocycles. The molecule has 2 aromatic carbocycles. The summed E-state index contributed by atoms with van der Waals surface area (Å²) < 4.78 is 0. The maximum atomic E-state index is 12.9. The number of Topliss-reactive ketones (excluding diaryl/α,β-unsaturated/α-hetero) is 1. The number of halogens is 1. The first-order valence-corrected chi connectivity index (χ1v) is 8.71. The molecular weight excluding hydrogens is 338 g/mol. The monoisotopic (exact) mass is 353 g/mol. The molecule has 0 radical (unpaired) electrons. The van der Waals surface area contributed by atoms with Crippen LogP contribution in [-0.2, 0) is 0 Å². The molecule has 0 spiro atoms.